The molecule has 2 aliphatic carbocycles. The average molecular weight is 463 g/mol. The van der Waals surface area contributed by atoms with E-state index in [1.807, 2.05) is 23.2 Å². The Morgan fingerprint density at radius 1 is 1.21 bits per heavy atom. The molecule has 1 aliphatic heterocycles. The number of amides is 2. The van der Waals surface area contributed by atoms with Crippen molar-refractivity contribution in [1.82, 2.24) is 14.9 Å². The Kier molecular flexibility index (Phi) is 6.09. The van der Waals surface area contributed by atoms with Gasteiger partial charge in [-0.1, -0.05) is 47.3 Å². The molecule has 3 heterocycles. The summed E-state index contributed by atoms with van der Waals surface area (Å²) in [5.41, 5.74) is 4.83. The fourth-order valence-electron chi connectivity index (χ4n) is 4.44. The van der Waals surface area contributed by atoms with E-state index in [1.165, 1.54) is 22.5 Å². The first-order valence-electron chi connectivity index (χ1n) is 11.3. The van der Waals surface area contributed by atoms with E-state index in [1.54, 1.807) is 7.11 Å². The number of likely N-dealkylation sites (tertiary alicyclic amines) is 1. The maximum atomic E-state index is 12.9. The predicted octanol–water partition coefficient (Wildman–Crippen LogP) is 4.64. The van der Waals surface area contributed by atoms with Crippen molar-refractivity contribution in [2.24, 2.45) is 0 Å². The third kappa shape index (κ3) is 4.48. The Morgan fingerprint density at radius 3 is 2.82 bits per heavy atom. The molecule has 7 nitrogen and oxygen atoms in total. The molecule has 5 rings (SSSR count). The van der Waals surface area contributed by atoms with Gasteiger partial charge in [0.15, 0.2) is 5.13 Å². The molecule has 0 spiro atoms. The second-order valence-corrected chi connectivity index (χ2v) is 9.43. The van der Waals surface area contributed by atoms with Crippen molar-refractivity contribution >= 4 is 44.1 Å². The van der Waals surface area contributed by atoms with Gasteiger partial charge in [0.25, 0.3) is 5.91 Å². The lowest BCUT2D eigenvalue weighted by molar-refractivity contribution is -0.127. The summed E-state index contributed by atoms with van der Waals surface area (Å²) in [5.74, 6) is 0.539. The molecule has 170 valence electrons. The molecule has 33 heavy (non-hydrogen) atoms. The van der Waals surface area contributed by atoms with Gasteiger partial charge in [0, 0.05) is 36.8 Å². The quantitative estimate of drug-likeness (QED) is 0.676. The van der Waals surface area contributed by atoms with Gasteiger partial charge < -0.3 is 9.64 Å². The van der Waals surface area contributed by atoms with Gasteiger partial charge in [-0.25, -0.2) is 9.97 Å². The van der Waals surface area contributed by atoms with E-state index >= 15 is 0 Å². The number of rotatable bonds is 6. The largest absolute Gasteiger partial charge is 0.479 e. The van der Waals surface area contributed by atoms with Gasteiger partial charge >= 0.3 is 0 Å². The van der Waals surface area contributed by atoms with Crippen LogP contribution in [0.15, 0.2) is 47.7 Å². The van der Waals surface area contributed by atoms with Gasteiger partial charge in [0.05, 0.1) is 11.8 Å². The van der Waals surface area contributed by atoms with Crippen molar-refractivity contribution in [3.8, 4) is 5.88 Å². The summed E-state index contributed by atoms with van der Waals surface area (Å²) in [6.07, 6.45) is 17.0. The van der Waals surface area contributed by atoms with Crippen molar-refractivity contribution in [3.05, 3.63) is 53.3 Å². The van der Waals surface area contributed by atoms with E-state index in [4.69, 9.17) is 4.74 Å². The minimum Gasteiger partial charge on any atom is -0.479 e. The van der Waals surface area contributed by atoms with Crippen molar-refractivity contribution in [2.75, 3.05) is 25.5 Å². The minimum absolute atomic E-state index is 0.144. The van der Waals surface area contributed by atoms with Crippen LogP contribution in [0.1, 0.15) is 44.1 Å². The molecule has 0 aromatic carbocycles. The molecule has 1 N–H and O–H groups in total. The van der Waals surface area contributed by atoms with E-state index < -0.39 is 0 Å². The smallest absolute Gasteiger partial charge is 0.253 e. The number of methoxy groups -OCH3 is 1. The molecule has 1 fully saturated rings. The van der Waals surface area contributed by atoms with Gasteiger partial charge in [0.2, 0.25) is 11.8 Å². The van der Waals surface area contributed by atoms with Crippen LogP contribution in [0.5, 0.6) is 5.88 Å². The Labute approximate surface area is 196 Å². The normalized spacial score (nSPS) is 18.3. The zero-order chi connectivity index (χ0) is 22.8. The first kappa shape index (κ1) is 21.6. The molecule has 1 saturated heterocycles. The van der Waals surface area contributed by atoms with Crippen LogP contribution in [0.2, 0.25) is 0 Å². The van der Waals surface area contributed by atoms with Gasteiger partial charge in [-0.05, 0) is 37.7 Å². The number of allylic oxidation sites excluding steroid dienone is 6. The summed E-state index contributed by atoms with van der Waals surface area (Å²) >= 11 is 1.45. The molecule has 8 heteroatoms. The highest BCUT2D eigenvalue weighted by atomic mass is 32.1. The monoisotopic (exact) mass is 462 g/mol. The highest BCUT2D eigenvalue weighted by Gasteiger charge is 2.23. The average Bonchev–Trinajstić information content (AvgIpc) is 3.45. The number of aromatic nitrogens is 2. The highest BCUT2D eigenvalue weighted by Crippen LogP contribution is 2.38. The van der Waals surface area contributed by atoms with E-state index in [9.17, 15) is 9.59 Å². The number of nitrogens with zero attached hydrogens (tertiary/aromatic N) is 3. The Balaban J connectivity index is 1.35. The summed E-state index contributed by atoms with van der Waals surface area (Å²) in [7, 11) is 1.58. The number of nitrogens with one attached hydrogen (secondary N) is 1. The molecule has 2 aromatic heterocycles. The zero-order valence-corrected chi connectivity index (χ0v) is 19.4. The van der Waals surface area contributed by atoms with E-state index in [0.717, 1.165) is 48.1 Å². The number of thiazole rings is 1. The Bertz CT molecular complexity index is 1240. The van der Waals surface area contributed by atoms with Crippen LogP contribution in [0.4, 0.5) is 5.13 Å². The topological polar surface area (TPSA) is 84.4 Å². The van der Waals surface area contributed by atoms with Crippen molar-refractivity contribution < 1.29 is 14.3 Å². The minimum atomic E-state index is -0.144. The summed E-state index contributed by atoms with van der Waals surface area (Å²) in [6, 6.07) is 0. The Morgan fingerprint density at radius 2 is 2.12 bits per heavy atom. The number of carbonyl (C=O) groups is 2. The molecule has 2 amide bonds. The number of carbonyl (C=O) groups excluding carboxylic acids is 2. The third-order valence-corrected chi connectivity index (χ3v) is 7.26. The molecule has 0 bridgehead atoms. The highest BCUT2D eigenvalue weighted by molar-refractivity contribution is 7.22. The van der Waals surface area contributed by atoms with Gasteiger partial charge in [-0.15, -0.1) is 0 Å². The van der Waals surface area contributed by atoms with Crippen molar-refractivity contribution in [1.29, 1.82) is 0 Å². The van der Waals surface area contributed by atoms with E-state index in [0.29, 0.717) is 35.9 Å². The summed E-state index contributed by atoms with van der Waals surface area (Å²) in [6.45, 7) is 1.50. The molecule has 0 unspecified atom stereocenters. The number of fused-ring (bicyclic) bond motifs is 1. The van der Waals surface area contributed by atoms with Gasteiger partial charge in [-0.2, -0.15) is 0 Å². The SMILES string of the molecule is COc1ncc(C2=CC=CCC2)c2sc(NC(=O)C3=CC=C(CN4CCCC4=O)CC3)nc12. The number of ether oxygens (including phenoxy) is 1. The third-order valence-electron chi connectivity index (χ3n) is 6.25. The summed E-state index contributed by atoms with van der Waals surface area (Å²) in [5, 5.41) is 3.50. The lowest BCUT2D eigenvalue weighted by Gasteiger charge is -2.20. The maximum absolute atomic E-state index is 12.9. The van der Waals surface area contributed by atoms with Crippen LogP contribution in [0.25, 0.3) is 15.8 Å². The van der Waals surface area contributed by atoms with Crippen LogP contribution in [-0.4, -0.2) is 46.9 Å². The van der Waals surface area contributed by atoms with Crippen LogP contribution < -0.4 is 10.1 Å². The molecule has 0 radical (unpaired) electrons. The van der Waals surface area contributed by atoms with Crippen LogP contribution >= 0.6 is 11.3 Å². The van der Waals surface area contributed by atoms with Gasteiger partial charge in [-0.3, -0.25) is 14.9 Å². The number of hydrogen-bond acceptors (Lipinski definition) is 6. The summed E-state index contributed by atoms with van der Waals surface area (Å²) in [4.78, 5) is 35.7. The zero-order valence-electron chi connectivity index (χ0n) is 18.6. The van der Waals surface area contributed by atoms with Crippen molar-refractivity contribution in [2.45, 2.75) is 38.5 Å². The van der Waals surface area contributed by atoms with Crippen LogP contribution in [0, 0.1) is 0 Å². The molecule has 0 saturated carbocycles. The first-order chi connectivity index (χ1) is 16.1. The number of hydrogen-bond donors (Lipinski definition) is 1. The lowest BCUT2D eigenvalue weighted by Crippen LogP contribution is -2.27. The standard InChI is InChI=1S/C25H26N4O3S/c1-32-24-21-22(19(14-26-24)17-6-3-2-4-7-17)33-25(27-21)28-23(31)18-11-9-16(10-12-18)15-29-13-5-8-20(29)30/h2-3,6,9,11,14H,4-5,7-8,10,12-13,15H2,1H3,(H,27,28,31). The molecular formula is C25H26N4O3S. The number of anilines is 1. The van der Waals surface area contributed by atoms with Crippen LogP contribution in [-0.2, 0) is 9.59 Å². The first-order valence-corrected chi connectivity index (χ1v) is 12.1. The fraction of sp³-hybridized carbons (Fsp3) is 0.360. The second kappa shape index (κ2) is 9.31. The van der Waals surface area contributed by atoms with Crippen molar-refractivity contribution in [3.63, 3.8) is 0 Å². The second-order valence-electron chi connectivity index (χ2n) is 8.43. The van der Waals surface area contributed by atoms with E-state index in [-0.39, 0.29) is 11.8 Å². The lowest BCUT2D eigenvalue weighted by atomic mass is 9.97. The van der Waals surface area contributed by atoms with Gasteiger partial charge in [0.1, 0.15) is 5.52 Å². The molecule has 0 atom stereocenters. The number of pyridine rings is 1. The Hall–Kier alpha value is -3.26. The summed E-state index contributed by atoms with van der Waals surface area (Å²) < 4.78 is 6.38. The predicted molar refractivity (Wildman–Crippen MR) is 130 cm³/mol. The fourth-order valence-corrected chi connectivity index (χ4v) is 5.44. The van der Waals surface area contributed by atoms with E-state index in [2.05, 4.69) is 33.5 Å². The van der Waals surface area contributed by atoms with Crippen LogP contribution in [0.3, 0.4) is 0 Å². The molecular weight excluding hydrogens is 436 g/mol. The molecule has 2 aromatic rings. The molecule has 3 aliphatic rings. The maximum Gasteiger partial charge on any atom is 0.253 e.